The van der Waals surface area contributed by atoms with Gasteiger partial charge in [-0.1, -0.05) is 57.2 Å². The Hall–Kier alpha value is -6.77. The van der Waals surface area contributed by atoms with E-state index in [1.54, 1.807) is 29.5 Å². The largest absolute Gasteiger partial charge is 0.507 e. The second kappa shape index (κ2) is 23.1. The summed E-state index contributed by atoms with van der Waals surface area (Å²) in [4.78, 5) is 47.1. The summed E-state index contributed by atoms with van der Waals surface area (Å²) in [5.74, 6) is 1.20. The molecule has 79 heavy (non-hydrogen) atoms. The highest BCUT2D eigenvalue weighted by Crippen LogP contribution is 2.42. The highest BCUT2D eigenvalue weighted by Gasteiger charge is 2.45. The molecular formula is C59H72BN11O7S. The number of aliphatic hydroxyl groups excluding tert-OH is 1. The van der Waals surface area contributed by atoms with Crippen LogP contribution in [-0.4, -0.2) is 141 Å². The average Bonchev–Trinajstić information content (AvgIpc) is 4.28. The van der Waals surface area contributed by atoms with Crippen LogP contribution in [0.1, 0.15) is 95.2 Å². The third-order valence-electron chi connectivity index (χ3n) is 17.2. The van der Waals surface area contributed by atoms with E-state index in [0.29, 0.717) is 52.6 Å². The number of para-hydroxylation sites is 1. The van der Waals surface area contributed by atoms with Crippen LogP contribution in [0.5, 0.6) is 17.5 Å². The lowest BCUT2D eigenvalue weighted by atomic mass is 9.68. The summed E-state index contributed by atoms with van der Waals surface area (Å²) in [5.41, 5.74) is 14.4. The first-order chi connectivity index (χ1) is 38.1. The van der Waals surface area contributed by atoms with Crippen LogP contribution in [0.4, 0.5) is 17.2 Å². The lowest BCUT2D eigenvalue weighted by Crippen LogP contribution is -2.54. The van der Waals surface area contributed by atoms with E-state index < -0.39 is 18.1 Å². The number of amides is 2. The lowest BCUT2D eigenvalue weighted by Gasteiger charge is -2.44. The standard InChI is InChI=1S/C59H72BN11O7S/c1-33(2)55(59(75)70-30-43(72)23-50(70)58(74)64-35(4)38-10-12-39(13-11-38)56-36(5)63-32-79-56)52-25-54(67-78-52)76-31-47(60)45-17-19-68(26-34(45)3)27-37-20-44(21-37)77-53-22-40(16-18-62-53)71-41-14-15-42(71)29-69(28-41)49-24-48(65-66-57(49)61)46-8-6-7-9-51(46)73/h6-13,16,18,22,24-25,32-35,37,41-45,47,50,55,72-73H,14-15,17,19-21,23,26-31H2,1-5H3,(H2,61,66)(H,64,74)/t34-,35-,37?,41?,42?,43+,44?,45-,47+,50-,55-/m0/s1. The number of nitrogen functional groups attached to an aromatic ring is 1. The number of nitrogens with zero attached hydrogens (tertiary/aromatic N) is 9. The van der Waals surface area contributed by atoms with Crippen LogP contribution in [0.25, 0.3) is 21.7 Å². The Morgan fingerprint density at radius 2 is 1.71 bits per heavy atom. The number of hydrogen-bond acceptors (Lipinski definition) is 17. The zero-order chi connectivity index (χ0) is 55.1. The number of likely N-dealkylation sites (tertiary alicyclic amines) is 2. The Bertz CT molecular complexity index is 3090. The lowest BCUT2D eigenvalue weighted by molar-refractivity contribution is -0.141. The summed E-state index contributed by atoms with van der Waals surface area (Å²) >= 11 is 1.59. The molecule has 5 N–H and O–H groups in total. The number of hydrogen-bond donors (Lipinski definition) is 4. The number of nitrogens with one attached hydrogen (secondary N) is 1. The number of aryl methyl sites for hydroxylation is 1. The first-order valence-corrected chi connectivity index (χ1v) is 29.0. The average molecular weight is 1090 g/mol. The number of ether oxygens (including phenoxy) is 2. The number of anilines is 3. The first-order valence-electron chi connectivity index (χ1n) is 28.1. The molecule has 4 aliphatic heterocycles. The minimum absolute atomic E-state index is 0.0430. The molecule has 18 nitrogen and oxygen atoms in total. The van der Waals surface area contributed by atoms with Crippen molar-refractivity contribution < 1.29 is 33.8 Å². The van der Waals surface area contributed by atoms with Crippen LogP contribution in [0.3, 0.4) is 0 Å². The summed E-state index contributed by atoms with van der Waals surface area (Å²) in [5, 5.41) is 37.1. The third-order valence-corrected chi connectivity index (χ3v) is 18.2. The summed E-state index contributed by atoms with van der Waals surface area (Å²) in [6.07, 6.45) is 6.39. The van der Waals surface area contributed by atoms with Crippen molar-refractivity contribution in [2.45, 2.75) is 121 Å². The molecule has 2 aromatic carbocycles. The molecule has 20 heteroatoms. The predicted molar refractivity (Wildman–Crippen MR) is 304 cm³/mol. The number of aromatic hydroxyl groups is 1. The number of rotatable bonds is 18. The number of carbonyl (C=O) groups is 2. The van der Waals surface area contributed by atoms with Crippen molar-refractivity contribution in [2.75, 3.05) is 61.4 Å². The molecule has 2 bridgehead atoms. The first kappa shape index (κ1) is 54.2. The molecule has 4 saturated heterocycles. The van der Waals surface area contributed by atoms with Gasteiger partial charge in [0.25, 0.3) is 5.88 Å². The second-order valence-corrected chi connectivity index (χ2v) is 24.0. The summed E-state index contributed by atoms with van der Waals surface area (Å²) in [6.45, 7) is 14.9. The van der Waals surface area contributed by atoms with Crippen LogP contribution in [-0.2, 0) is 9.59 Å². The number of benzene rings is 2. The molecule has 8 heterocycles. The van der Waals surface area contributed by atoms with Crippen molar-refractivity contribution >= 4 is 48.2 Å². The summed E-state index contributed by atoms with van der Waals surface area (Å²) in [6, 6.07) is 22.4. The Labute approximate surface area is 467 Å². The fourth-order valence-electron chi connectivity index (χ4n) is 13.0. The highest BCUT2D eigenvalue weighted by atomic mass is 32.1. The molecule has 2 amide bonds. The number of piperazine rings is 1. The maximum atomic E-state index is 14.3. The van der Waals surface area contributed by atoms with Gasteiger partial charge in [-0.05, 0) is 123 Å². The number of aromatic nitrogens is 5. The molecule has 11 rings (SSSR count). The smallest absolute Gasteiger partial charge is 0.254 e. The normalized spacial score (nSPS) is 25.2. The Kier molecular flexibility index (Phi) is 15.9. The fourth-order valence-corrected chi connectivity index (χ4v) is 13.8. The van der Waals surface area contributed by atoms with Gasteiger partial charge in [-0.15, -0.1) is 21.5 Å². The topological polar surface area (TPSA) is 222 Å². The van der Waals surface area contributed by atoms with Gasteiger partial charge in [0.05, 0.1) is 54.1 Å². The van der Waals surface area contributed by atoms with Crippen molar-refractivity contribution in [3.05, 3.63) is 102 Å². The van der Waals surface area contributed by atoms with Gasteiger partial charge in [-0.3, -0.25) is 9.59 Å². The summed E-state index contributed by atoms with van der Waals surface area (Å²) < 4.78 is 18.4. The molecule has 9 atom stereocenters. The zero-order valence-electron chi connectivity index (χ0n) is 45.7. The van der Waals surface area contributed by atoms with Crippen LogP contribution in [0.15, 0.2) is 89.0 Å². The van der Waals surface area contributed by atoms with E-state index in [-0.39, 0.29) is 72.8 Å². The number of β-amino-alcohol motifs (C(OH)–C–C–N with tert-alkyl or cyclic N) is 1. The number of pyridine rings is 1. The van der Waals surface area contributed by atoms with Gasteiger partial charge >= 0.3 is 0 Å². The van der Waals surface area contributed by atoms with Crippen molar-refractivity contribution in [2.24, 2.45) is 23.7 Å². The number of phenolic OH excluding ortho intramolecular Hbond substituents is 1. The second-order valence-electron chi connectivity index (χ2n) is 23.1. The molecule has 1 saturated carbocycles. The van der Waals surface area contributed by atoms with Gasteiger partial charge in [-0.2, -0.15) is 0 Å². The zero-order valence-corrected chi connectivity index (χ0v) is 46.5. The van der Waals surface area contributed by atoms with E-state index in [4.69, 9.17) is 27.6 Å². The van der Waals surface area contributed by atoms with Gasteiger partial charge in [0, 0.05) is 80.8 Å². The van der Waals surface area contributed by atoms with Gasteiger partial charge in [0.1, 0.15) is 23.8 Å². The Morgan fingerprint density at radius 1 is 0.937 bits per heavy atom. The Morgan fingerprint density at radius 3 is 2.43 bits per heavy atom. The molecule has 4 aromatic heterocycles. The number of phenols is 1. The van der Waals surface area contributed by atoms with Crippen LogP contribution in [0.2, 0.25) is 5.82 Å². The Balaban J connectivity index is 0.620. The minimum atomic E-state index is -0.842. The molecule has 5 aliphatic rings. The van der Waals surface area contributed by atoms with Crippen LogP contribution >= 0.6 is 11.3 Å². The van der Waals surface area contributed by atoms with Crippen molar-refractivity contribution in [3.63, 3.8) is 0 Å². The number of carbonyl (C=O) groups excluding carboxylic acids is 2. The number of thiazole rings is 1. The molecule has 6 aromatic rings. The number of aliphatic hydroxyl groups is 1. The highest BCUT2D eigenvalue weighted by molar-refractivity contribution is 7.13. The summed E-state index contributed by atoms with van der Waals surface area (Å²) in [7, 11) is 6.84. The van der Waals surface area contributed by atoms with Gasteiger partial charge in [-0.25, -0.2) is 9.97 Å². The van der Waals surface area contributed by atoms with Gasteiger partial charge in [0.2, 0.25) is 17.7 Å². The van der Waals surface area contributed by atoms with Gasteiger partial charge in [0.15, 0.2) is 11.6 Å². The van der Waals surface area contributed by atoms with Crippen LogP contribution in [0, 0.1) is 30.6 Å². The van der Waals surface area contributed by atoms with E-state index in [0.717, 1.165) is 97.9 Å². The van der Waals surface area contributed by atoms with Crippen LogP contribution < -0.4 is 30.3 Å². The predicted octanol–water partition coefficient (Wildman–Crippen LogP) is 7.83. The molecule has 0 spiro atoms. The minimum Gasteiger partial charge on any atom is -0.507 e. The fraction of sp³-hybridized carbons (Fsp3) is 0.508. The number of fused-ring (bicyclic) bond motifs is 2. The van der Waals surface area contributed by atoms with Crippen molar-refractivity contribution in [1.82, 2.24) is 40.4 Å². The molecule has 5 fully saturated rings. The maximum absolute atomic E-state index is 14.3. The molecular weight excluding hydrogens is 1020 g/mol. The van der Waals surface area contributed by atoms with E-state index in [1.165, 1.54) is 4.90 Å². The SMILES string of the molecule is [B][C@H](COc1cc([C@@H](C(=O)N2C[C@H](O)C[C@H]2C(=O)N[C@@H](C)c2ccc(-c3scnc3C)cc2)C(C)C)on1)[C@H]1CCN(CC2CC(Oc3cc(N4C5CCC4CN(c4cc(-c6ccccc6O)nnc4N)C5)ccn3)C2)C[C@@H]1C. The van der Waals surface area contributed by atoms with E-state index >= 15 is 0 Å². The molecule has 2 unspecified atom stereocenters. The van der Waals surface area contributed by atoms with E-state index in [9.17, 15) is 19.8 Å². The number of piperidine rings is 1. The molecule has 2 radical (unpaired) electrons. The maximum Gasteiger partial charge on any atom is 0.254 e. The van der Waals surface area contributed by atoms with E-state index in [2.05, 4.69) is 64.4 Å². The number of nitrogens with two attached hydrogens (primary N) is 1. The molecule has 1 aliphatic carbocycles. The monoisotopic (exact) mass is 1090 g/mol. The third kappa shape index (κ3) is 11.6. The van der Waals surface area contributed by atoms with E-state index in [1.807, 2.05) is 81.9 Å². The molecule has 414 valence electrons. The van der Waals surface area contributed by atoms with Gasteiger partial charge < -0.3 is 54.9 Å². The van der Waals surface area contributed by atoms with Crippen molar-refractivity contribution in [1.29, 1.82) is 0 Å². The quantitative estimate of drug-likeness (QED) is 0.0602. The van der Waals surface area contributed by atoms with Crippen molar-refractivity contribution in [3.8, 4) is 39.2 Å².